The van der Waals surface area contributed by atoms with Gasteiger partial charge in [-0.3, -0.25) is 10.2 Å². The summed E-state index contributed by atoms with van der Waals surface area (Å²) in [5.41, 5.74) is 7.87. The maximum absolute atomic E-state index is 8.58. The van der Waals surface area contributed by atoms with Crippen LogP contribution in [-0.2, 0) is 0 Å². The molecular weight excluding hydrogens is 208 g/mol. The number of nitrogens with two attached hydrogens (primary N) is 1. The molecule has 0 saturated heterocycles. The fraction of sp³-hybridized carbons (Fsp3) is 0.800. The van der Waals surface area contributed by atoms with Crippen molar-refractivity contribution in [3.8, 4) is 0 Å². The Kier molecular flexibility index (Phi) is 9.39. The van der Waals surface area contributed by atoms with E-state index in [1.54, 1.807) is 5.48 Å². The van der Waals surface area contributed by atoms with E-state index in [1.165, 1.54) is 0 Å². The van der Waals surface area contributed by atoms with E-state index in [0.29, 0.717) is 6.54 Å². The predicted octanol–water partition coefficient (Wildman–Crippen LogP) is 1.47. The molecule has 16 heavy (non-hydrogen) atoms. The second-order valence-electron chi connectivity index (χ2n) is 3.56. The summed E-state index contributed by atoms with van der Waals surface area (Å²) >= 11 is 0. The van der Waals surface area contributed by atoms with Gasteiger partial charge >= 0.3 is 0 Å². The summed E-state index contributed by atoms with van der Waals surface area (Å²) in [6.07, 6.45) is 5.78. The Hall–Kier alpha value is -1.30. The Morgan fingerprint density at radius 1 is 1.25 bits per heavy atom. The zero-order valence-corrected chi connectivity index (χ0v) is 9.82. The highest BCUT2D eigenvalue weighted by Gasteiger charge is 1.97. The molecule has 0 heterocycles. The molecule has 0 saturated carbocycles. The van der Waals surface area contributed by atoms with Gasteiger partial charge in [-0.25, -0.2) is 5.48 Å². The SMILES string of the molecule is CCC(CCCCCCN=C(N)NO)=NO. The number of oxime groups is 1. The lowest BCUT2D eigenvalue weighted by atomic mass is 10.1. The fourth-order valence-electron chi connectivity index (χ4n) is 1.33. The highest BCUT2D eigenvalue weighted by atomic mass is 16.5. The Balaban J connectivity index is 3.34. The Bertz CT molecular complexity index is 229. The Morgan fingerprint density at radius 2 is 1.94 bits per heavy atom. The molecular formula is C10H22N4O2. The summed E-state index contributed by atoms with van der Waals surface area (Å²) in [4.78, 5) is 3.88. The van der Waals surface area contributed by atoms with Crippen LogP contribution >= 0.6 is 0 Å². The molecule has 6 nitrogen and oxygen atoms in total. The molecule has 0 rings (SSSR count). The molecule has 0 unspecified atom stereocenters. The number of hydroxylamine groups is 1. The van der Waals surface area contributed by atoms with Gasteiger partial charge in [0.25, 0.3) is 0 Å². The molecule has 0 aromatic carbocycles. The van der Waals surface area contributed by atoms with E-state index in [4.69, 9.17) is 16.1 Å². The topological polar surface area (TPSA) is 103 Å². The van der Waals surface area contributed by atoms with Crippen LogP contribution in [0.15, 0.2) is 10.1 Å². The molecule has 0 aliphatic heterocycles. The lowest BCUT2D eigenvalue weighted by Gasteiger charge is -2.01. The molecule has 0 atom stereocenters. The van der Waals surface area contributed by atoms with Crippen LogP contribution in [0.5, 0.6) is 0 Å². The van der Waals surface area contributed by atoms with Crippen molar-refractivity contribution in [2.75, 3.05) is 6.54 Å². The van der Waals surface area contributed by atoms with Crippen molar-refractivity contribution in [2.24, 2.45) is 15.9 Å². The third-order valence-corrected chi connectivity index (χ3v) is 2.32. The molecule has 0 aromatic rings. The molecule has 0 aromatic heterocycles. The fourth-order valence-corrected chi connectivity index (χ4v) is 1.33. The van der Waals surface area contributed by atoms with Gasteiger partial charge in [0.05, 0.1) is 5.71 Å². The van der Waals surface area contributed by atoms with Gasteiger partial charge in [0.2, 0.25) is 5.96 Å². The Labute approximate surface area is 96.2 Å². The summed E-state index contributed by atoms with van der Waals surface area (Å²) in [6.45, 7) is 2.60. The standard InChI is InChI=1S/C10H22N4O2/c1-2-9(13-15)7-5-3-4-6-8-12-10(11)14-16/h15-16H,2-8H2,1H3,(H3,11,12,14). The van der Waals surface area contributed by atoms with Gasteiger partial charge in [-0.05, 0) is 25.7 Å². The van der Waals surface area contributed by atoms with E-state index in [-0.39, 0.29) is 5.96 Å². The number of guanidine groups is 1. The summed E-state index contributed by atoms with van der Waals surface area (Å²) in [5.74, 6) is 0.0562. The van der Waals surface area contributed by atoms with Gasteiger partial charge in [0, 0.05) is 6.54 Å². The summed E-state index contributed by atoms with van der Waals surface area (Å²) in [5, 5.41) is 20.1. The van der Waals surface area contributed by atoms with Gasteiger partial charge in [-0.15, -0.1) is 0 Å². The highest BCUT2D eigenvalue weighted by molar-refractivity contribution is 5.83. The van der Waals surface area contributed by atoms with Gasteiger partial charge in [-0.1, -0.05) is 24.9 Å². The van der Waals surface area contributed by atoms with Gasteiger partial charge in [-0.2, -0.15) is 0 Å². The highest BCUT2D eigenvalue weighted by Crippen LogP contribution is 2.05. The average molecular weight is 230 g/mol. The maximum atomic E-state index is 8.58. The monoisotopic (exact) mass is 230 g/mol. The second kappa shape index (κ2) is 10.2. The Morgan fingerprint density at radius 3 is 2.50 bits per heavy atom. The van der Waals surface area contributed by atoms with Crippen LogP contribution in [0.3, 0.4) is 0 Å². The van der Waals surface area contributed by atoms with Crippen molar-refractivity contribution in [2.45, 2.75) is 45.4 Å². The molecule has 0 bridgehead atoms. The van der Waals surface area contributed by atoms with Gasteiger partial charge in [0.15, 0.2) is 0 Å². The zero-order valence-electron chi connectivity index (χ0n) is 9.82. The quantitative estimate of drug-likeness (QED) is 0.167. The van der Waals surface area contributed by atoms with Gasteiger partial charge < -0.3 is 10.9 Å². The van der Waals surface area contributed by atoms with E-state index < -0.39 is 0 Å². The molecule has 94 valence electrons. The first kappa shape index (κ1) is 14.7. The zero-order chi connectivity index (χ0) is 12.2. The number of hydrogen-bond acceptors (Lipinski definition) is 4. The van der Waals surface area contributed by atoms with Crippen LogP contribution in [-0.4, -0.2) is 28.6 Å². The van der Waals surface area contributed by atoms with Crippen molar-refractivity contribution in [1.29, 1.82) is 0 Å². The largest absolute Gasteiger partial charge is 0.411 e. The molecule has 0 fully saturated rings. The minimum atomic E-state index is 0.0562. The van der Waals surface area contributed by atoms with Crippen molar-refractivity contribution < 1.29 is 10.4 Å². The van der Waals surface area contributed by atoms with E-state index in [9.17, 15) is 0 Å². The molecule has 6 heteroatoms. The maximum Gasteiger partial charge on any atom is 0.212 e. The van der Waals surface area contributed by atoms with Crippen molar-refractivity contribution >= 4 is 11.7 Å². The first-order valence-electron chi connectivity index (χ1n) is 5.64. The molecule has 0 radical (unpaired) electrons. The van der Waals surface area contributed by atoms with Crippen LogP contribution in [0.1, 0.15) is 45.4 Å². The molecule has 5 N–H and O–H groups in total. The van der Waals surface area contributed by atoms with Crippen molar-refractivity contribution in [3.05, 3.63) is 0 Å². The van der Waals surface area contributed by atoms with Crippen molar-refractivity contribution in [3.63, 3.8) is 0 Å². The lowest BCUT2D eigenvalue weighted by Crippen LogP contribution is -2.28. The smallest absolute Gasteiger partial charge is 0.212 e. The third kappa shape index (κ3) is 8.05. The number of hydrogen-bond donors (Lipinski definition) is 4. The molecule has 0 amide bonds. The number of rotatable bonds is 8. The van der Waals surface area contributed by atoms with Crippen LogP contribution < -0.4 is 11.2 Å². The number of aliphatic imine (C=N–C) groups is 1. The van der Waals surface area contributed by atoms with E-state index in [2.05, 4.69) is 10.1 Å². The van der Waals surface area contributed by atoms with Crippen LogP contribution in [0, 0.1) is 0 Å². The predicted molar refractivity (Wildman–Crippen MR) is 64.0 cm³/mol. The molecule has 0 aliphatic carbocycles. The number of nitrogens with zero attached hydrogens (tertiary/aromatic N) is 2. The minimum Gasteiger partial charge on any atom is -0.411 e. The van der Waals surface area contributed by atoms with Crippen LogP contribution in [0.4, 0.5) is 0 Å². The summed E-state index contributed by atoms with van der Waals surface area (Å²) < 4.78 is 0. The molecule has 0 spiro atoms. The number of nitrogens with one attached hydrogen (secondary N) is 1. The second-order valence-corrected chi connectivity index (χ2v) is 3.56. The minimum absolute atomic E-state index is 0.0562. The first-order chi connectivity index (χ1) is 7.74. The summed E-state index contributed by atoms with van der Waals surface area (Å²) in [7, 11) is 0. The van der Waals surface area contributed by atoms with Crippen LogP contribution in [0.25, 0.3) is 0 Å². The third-order valence-electron chi connectivity index (χ3n) is 2.32. The average Bonchev–Trinajstić information content (AvgIpc) is 2.32. The molecule has 0 aliphatic rings. The van der Waals surface area contributed by atoms with Gasteiger partial charge in [0.1, 0.15) is 0 Å². The number of unbranched alkanes of at least 4 members (excludes halogenated alkanes) is 3. The van der Waals surface area contributed by atoms with Crippen LogP contribution in [0.2, 0.25) is 0 Å². The van der Waals surface area contributed by atoms with E-state index >= 15 is 0 Å². The van der Waals surface area contributed by atoms with E-state index in [1.807, 2.05) is 6.92 Å². The lowest BCUT2D eigenvalue weighted by molar-refractivity contribution is 0.232. The first-order valence-corrected chi connectivity index (χ1v) is 5.64. The summed E-state index contributed by atoms with van der Waals surface area (Å²) in [6, 6.07) is 0. The normalized spacial score (nSPS) is 12.9. The van der Waals surface area contributed by atoms with E-state index in [0.717, 1.165) is 44.2 Å². The van der Waals surface area contributed by atoms with Crippen molar-refractivity contribution in [1.82, 2.24) is 5.48 Å².